The van der Waals surface area contributed by atoms with E-state index in [-0.39, 0.29) is 17.3 Å². The summed E-state index contributed by atoms with van der Waals surface area (Å²) in [6.07, 6.45) is 0. The van der Waals surface area contributed by atoms with Crippen molar-refractivity contribution in [2.24, 2.45) is 0 Å². The Morgan fingerprint density at radius 2 is 1.91 bits per heavy atom. The van der Waals surface area contributed by atoms with Gasteiger partial charge in [0.05, 0.1) is 17.2 Å². The normalized spacial score (nSPS) is 14.2. The summed E-state index contributed by atoms with van der Waals surface area (Å²) in [6, 6.07) is 12.7. The molecule has 12 nitrogen and oxygen atoms in total. The van der Waals surface area contributed by atoms with Crippen molar-refractivity contribution >= 4 is 17.3 Å². The predicted molar refractivity (Wildman–Crippen MR) is 113 cm³/mol. The number of anilines is 2. The van der Waals surface area contributed by atoms with Gasteiger partial charge in [-0.05, 0) is 59.3 Å². The molecule has 2 N–H and O–H groups in total. The summed E-state index contributed by atoms with van der Waals surface area (Å²) >= 11 is 0. The van der Waals surface area contributed by atoms with Gasteiger partial charge >= 0.3 is 0 Å². The van der Waals surface area contributed by atoms with Crippen LogP contribution in [0, 0.1) is 10.1 Å². The summed E-state index contributed by atoms with van der Waals surface area (Å²) in [7, 11) is 0. The van der Waals surface area contributed by atoms with E-state index in [1.807, 2.05) is 31.2 Å². The Hall–Kier alpha value is -4.61. The van der Waals surface area contributed by atoms with E-state index in [4.69, 9.17) is 4.74 Å². The molecule has 32 heavy (non-hydrogen) atoms. The van der Waals surface area contributed by atoms with Crippen LogP contribution < -0.4 is 15.6 Å². The molecule has 0 saturated carbocycles. The van der Waals surface area contributed by atoms with Crippen LogP contribution in [-0.2, 0) is 0 Å². The molecule has 2 aromatic carbocycles. The number of nitrogens with one attached hydrogen (secondary N) is 2. The molecule has 2 aromatic heterocycles. The number of H-pyrrole nitrogens is 1. The summed E-state index contributed by atoms with van der Waals surface area (Å²) in [5.41, 5.74) is 2.24. The summed E-state index contributed by atoms with van der Waals surface area (Å²) in [5, 5.41) is 32.6. The van der Waals surface area contributed by atoms with Crippen LogP contribution in [0.2, 0.25) is 0 Å². The minimum Gasteiger partial charge on any atom is -0.494 e. The highest BCUT2D eigenvalue weighted by molar-refractivity contribution is 5.75. The Morgan fingerprint density at radius 3 is 2.59 bits per heavy atom. The van der Waals surface area contributed by atoms with Crippen LogP contribution in [0.3, 0.4) is 0 Å². The van der Waals surface area contributed by atoms with Gasteiger partial charge in [-0.3, -0.25) is 14.9 Å². The fraction of sp³-hybridized carbons (Fsp3) is 0.150. The number of tetrazole rings is 1. The zero-order chi connectivity index (χ0) is 22.2. The van der Waals surface area contributed by atoms with Crippen LogP contribution in [0.5, 0.6) is 5.75 Å². The van der Waals surface area contributed by atoms with Crippen molar-refractivity contribution in [1.82, 2.24) is 30.4 Å². The number of nitro groups is 1. The topological polar surface area (TPSA) is 154 Å². The molecule has 4 aromatic rings. The van der Waals surface area contributed by atoms with Crippen LogP contribution in [0.15, 0.2) is 53.3 Å². The fourth-order valence-electron chi connectivity index (χ4n) is 3.72. The van der Waals surface area contributed by atoms with Gasteiger partial charge in [0.1, 0.15) is 17.5 Å². The number of rotatable bonds is 5. The largest absolute Gasteiger partial charge is 0.494 e. The van der Waals surface area contributed by atoms with Crippen LogP contribution >= 0.6 is 0 Å². The fourth-order valence-corrected chi connectivity index (χ4v) is 3.72. The van der Waals surface area contributed by atoms with Gasteiger partial charge in [0.15, 0.2) is 0 Å². The van der Waals surface area contributed by atoms with Crippen molar-refractivity contribution in [2.45, 2.75) is 13.0 Å². The molecule has 0 radical (unpaired) electrons. The monoisotopic (exact) mass is 432 g/mol. The lowest BCUT2D eigenvalue weighted by Gasteiger charge is -2.27. The number of ether oxygens (including phenoxy) is 1. The number of non-ortho nitro benzene ring substituents is 1. The summed E-state index contributed by atoms with van der Waals surface area (Å²) in [6.45, 7) is 2.44. The van der Waals surface area contributed by atoms with Crippen molar-refractivity contribution in [3.8, 4) is 17.0 Å². The molecular formula is C20H16N8O4. The smallest absolute Gasteiger partial charge is 0.288 e. The average Bonchev–Trinajstić information content (AvgIpc) is 3.28. The van der Waals surface area contributed by atoms with Crippen LogP contribution in [-0.4, -0.2) is 41.9 Å². The second-order valence-electron chi connectivity index (χ2n) is 6.97. The van der Waals surface area contributed by atoms with Crippen molar-refractivity contribution in [3.05, 3.63) is 80.1 Å². The molecule has 1 atom stereocenters. The first-order chi connectivity index (χ1) is 15.6. The highest BCUT2D eigenvalue weighted by Gasteiger charge is 2.34. The van der Waals surface area contributed by atoms with Gasteiger partial charge in [-0.1, -0.05) is 5.10 Å². The molecular weight excluding hydrogens is 416 g/mol. The highest BCUT2D eigenvalue weighted by Crippen LogP contribution is 2.41. The summed E-state index contributed by atoms with van der Waals surface area (Å²) in [4.78, 5) is 23.3. The summed E-state index contributed by atoms with van der Waals surface area (Å²) in [5.74, 6) is 0.984. The lowest BCUT2D eigenvalue weighted by atomic mass is 9.92. The Labute approximate surface area is 180 Å². The van der Waals surface area contributed by atoms with Crippen LogP contribution in [0.1, 0.15) is 24.1 Å². The van der Waals surface area contributed by atoms with Gasteiger partial charge in [-0.2, -0.15) is 9.78 Å². The lowest BCUT2D eigenvalue weighted by Crippen LogP contribution is -2.29. The Morgan fingerprint density at radius 1 is 1.16 bits per heavy atom. The molecule has 0 saturated heterocycles. The number of nitro benzene ring substituents is 1. The maximum absolute atomic E-state index is 12.7. The van der Waals surface area contributed by atoms with E-state index in [2.05, 4.69) is 31.0 Å². The lowest BCUT2D eigenvalue weighted by molar-refractivity contribution is -0.384. The number of aromatic amines is 1. The Kier molecular flexibility index (Phi) is 4.58. The number of fused-ring (bicyclic) bond motifs is 2. The average molecular weight is 432 g/mol. The Bertz CT molecular complexity index is 1360. The molecule has 1 aliphatic rings. The van der Waals surface area contributed by atoms with Crippen molar-refractivity contribution in [1.29, 1.82) is 0 Å². The van der Waals surface area contributed by atoms with E-state index in [0.717, 1.165) is 5.56 Å². The van der Waals surface area contributed by atoms with E-state index in [0.29, 0.717) is 29.2 Å². The first kappa shape index (κ1) is 19.4. The number of aromatic nitrogens is 6. The van der Waals surface area contributed by atoms with E-state index in [9.17, 15) is 14.9 Å². The van der Waals surface area contributed by atoms with Gasteiger partial charge in [0.25, 0.3) is 11.2 Å². The molecule has 5 rings (SSSR count). The zero-order valence-electron chi connectivity index (χ0n) is 16.7. The molecule has 0 amide bonds. The predicted octanol–water partition coefficient (Wildman–Crippen LogP) is 2.42. The number of hydrogen-bond donors (Lipinski definition) is 2. The maximum Gasteiger partial charge on any atom is 0.288 e. The third kappa shape index (κ3) is 3.14. The minimum atomic E-state index is -0.631. The minimum absolute atomic E-state index is 0.0457. The van der Waals surface area contributed by atoms with E-state index >= 15 is 0 Å². The molecule has 0 bridgehead atoms. The molecule has 12 heteroatoms. The van der Waals surface area contributed by atoms with Gasteiger partial charge < -0.3 is 10.1 Å². The summed E-state index contributed by atoms with van der Waals surface area (Å²) < 4.78 is 7.03. The molecule has 160 valence electrons. The van der Waals surface area contributed by atoms with Crippen molar-refractivity contribution in [2.75, 3.05) is 11.9 Å². The third-order valence-electron chi connectivity index (χ3n) is 5.13. The second-order valence-corrected chi connectivity index (χ2v) is 6.97. The first-order valence-corrected chi connectivity index (χ1v) is 9.72. The quantitative estimate of drug-likeness (QED) is 0.315. The van der Waals surface area contributed by atoms with Gasteiger partial charge in [0, 0.05) is 23.3 Å². The van der Waals surface area contributed by atoms with E-state index < -0.39 is 16.5 Å². The van der Waals surface area contributed by atoms with Gasteiger partial charge in [-0.25, -0.2) is 5.10 Å². The third-order valence-corrected chi connectivity index (χ3v) is 5.13. The first-order valence-electron chi connectivity index (χ1n) is 9.72. The van der Waals surface area contributed by atoms with Gasteiger partial charge in [-0.15, -0.1) is 0 Å². The van der Waals surface area contributed by atoms with Crippen LogP contribution in [0.4, 0.5) is 17.3 Å². The number of benzene rings is 2. The maximum atomic E-state index is 12.7. The van der Waals surface area contributed by atoms with E-state index in [1.165, 1.54) is 16.8 Å². The molecule has 0 aliphatic carbocycles. The molecule has 0 spiro atoms. The van der Waals surface area contributed by atoms with Crippen LogP contribution in [0.25, 0.3) is 11.3 Å². The zero-order valence-corrected chi connectivity index (χ0v) is 16.7. The Balaban J connectivity index is 1.71. The molecule has 0 fully saturated rings. The number of nitrogens with zero attached hydrogens (tertiary/aromatic N) is 6. The van der Waals surface area contributed by atoms with Gasteiger partial charge in [0.2, 0.25) is 5.95 Å². The standard InChI is InChI=1S/C20H16N8O4/c1-2-32-14-9-5-11(6-10-14)16-15-17(19(29)23-22-16)21-20-24-25-26-27(20)18(15)12-3-7-13(8-4-12)28(30)31/h3-10,18H,2H2,1H3,(H,23,29)(H,21,24,26)/t18-/m1/s1. The molecule has 0 unspecified atom stereocenters. The van der Waals surface area contributed by atoms with Crippen molar-refractivity contribution in [3.63, 3.8) is 0 Å². The molecule has 3 heterocycles. The second kappa shape index (κ2) is 7.58. The highest BCUT2D eigenvalue weighted by atomic mass is 16.6. The molecule has 1 aliphatic heterocycles. The van der Waals surface area contributed by atoms with E-state index in [1.54, 1.807) is 12.1 Å². The SMILES string of the molecule is CCOc1ccc(-c2n[nH]c(=O)c3c2[C@@H](c2ccc([N+](=O)[O-])cc2)n2nnnc2N3)cc1. The number of hydrogen-bond acceptors (Lipinski definition) is 9. The van der Waals surface area contributed by atoms with Crippen molar-refractivity contribution < 1.29 is 9.66 Å².